The number of phenolic OH excluding ortho intramolecular Hbond substituents is 1. The van der Waals surface area contributed by atoms with Crippen molar-refractivity contribution in [3.63, 3.8) is 0 Å². The van der Waals surface area contributed by atoms with Gasteiger partial charge >= 0.3 is 0 Å². The van der Waals surface area contributed by atoms with Crippen molar-refractivity contribution >= 4 is 17.3 Å². The summed E-state index contributed by atoms with van der Waals surface area (Å²) in [7, 11) is 0. The molecule has 0 aromatic heterocycles. The van der Waals surface area contributed by atoms with E-state index >= 15 is 0 Å². The van der Waals surface area contributed by atoms with Crippen molar-refractivity contribution in [2.45, 2.75) is 6.92 Å². The van der Waals surface area contributed by atoms with Gasteiger partial charge in [-0.25, -0.2) is 0 Å². The van der Waals surface area contributed by atoms with Crippen LogP contribution in [0.5, 0.6) is 5.75 Å². The Morgan fingerprint density at radius 1 is 1.13 bits per heavy atom. The lowest BCUT2D eigenvalue weighted by Crippen LogP contribution is -2.18. The third kappa shape index (κ3) is 1.30. The molecular formula is C11H8O4. The highest BCUT2D eigenvalue weighted by Crippen LogP contribution is 2.32. The van der Waals surface area contributed by atoms with Crippen LogP contribution in [0.4, 0.5) is 0 Å². The molecule has 2 N–H and O–H groups in total. The zero-order chi connectivity index (χ0) is 11.2. The summed E-state index contributed by atoms with van der Waals surface area (Å²) in [5.41, 5.74) is 0.741. The molecule has 0 saturated heterocycles. The average Bonchev–Trinajstić information content (AvgIpc) is 2.12. The monoisotopic (exact) mass is 204 g/mol. The molecule has 0 spiro atoms. The van der Waals surface area contributed by atoms with E-state index < -0.39 is 11.6 Å². The van der Waals surface area contributed by atoms with Crippen LogP contribution in [-0.2, 0) is 4.79 Å². The lowest BCUT2D eigenvalue weighted by Gasteiger charge is -2.13. The van der Waals surface area contributed by atoms with Crippen LogP contribution in [0.2, 0.25) is 0 Å². The topological polar surface area (TPSA) is 74.6 Å². The summed E-state index contributed by atoms with van der Waals surface area (Å²) in [5, 5.41) is 19.0. The van der Waals surface area contributed by atoms with Crippen LogP contribution in [0.1, 0.15) is 21.5 Å². The molecule has 0 unspecified atom stereocenters. The number of rotatable bonds is 0. The fraction of sp³-hybridized carbons (Fsp3) is 0.0909. The maximum absolute atomic E-state index is 11.5. The van der Waals surface area contributed by atoms with E-state index in [4.69, 9.17) is 0 Å². The molecule has 4 heteroatoms. The normalized spacial score (nSPS) is 14.9. The highest BCUT2D eigenvalue weighted by atomic mass is 16.3. The Kier molecular flexibility index (Phi) is 1.86. The van der Waals surface area contributed by atoms with Crippen molar-refractivity contribution in [2.24, 2.45) is 0 Å². The number of ketones is 2. The van der Waals surface area contributed by atoms with Crippen LogP contribution in [-0.4, -0.2) is 21.8 Å². The van der Waals surface area contributed by atoms with E-state index in [9.17, 15) is 19.8 Å². The molecule has 76 valence electrons. The van der Waals surface area contributed by atoms with E-state index in [1.54, 1.807) is 6.92 Å². The van der Waals surface area contributed by atoms with Crippen LogP contribution in [0.3, 0.4) is 0 Å². The van der Waals surface area contributed by atoms with E-state index in [1.165, 1.54) is 12.1 Å². The molecule has 0 saturated carbocycles. The second-order valence-electron chi connectivity index (χ2n) is 3.43. The van der Waals surface area contributed by atoms with Gasteiger partial charge in [0.2, 0.25) is 11.6 Å². The van der Waals surface area contributed by atoms with Crippen LogP contribution < -0.4 is 0 Å². The van der Waals surface area contributed by atoms with Crippen LogP contribution >= 0.6 is 0 Å². The molecule has 0 radical (unpaired) electrons. The van der Waals surface area contributed by atoms with Crippen molar-refractivity contribution in [3.8, 4) is 5.75 Å². The van der Waals surface area contributed by atoms with Crippen LogP contribution in [0, 0.1) is 6.92 Å². The number of aromatic hydroxyl groups is 1. The molecule has 15 heavy (non-hydrogen) atoms. The second-order valence-corrected chi connectivity index (χ2v) is 3.43. The number of hydrogen-bond donors (Lipinski definition) is 2. The first kappa shape index (κ1) is 9.45. The van der Waals surface area contributed by atoms with Gasteiger partial charge in [0, 0.05) is 11.6 Å². The summed E-state index contributed by atoms with van der Waals surface area (Å²) in [5.74, 6) is -2.04. The van der Waals surface area contributed by atoms with Crippen molar-refractivity contribution in [2.75, 3.05) is 0 Å². The number of benzene rings is 1. The first-order valence-corrected chi connectivity index (χ1v) is 4.34. The SMILES string of the molecule is Cc1cc(O)c2c(c1)C(=O)C(=O)C=C2O. The van der Waals surface area contributed by atoms with Gasteiger partial charge in [-0.05, 0) is 24.6 Å². The summed E-state index contributed by atoms with van der Waals surface area (Å²) in [6, 6.07) is 2.89. The lowest BCUT2D eigenvalue weighted by molar-refractivity contribution is -0.111. The predicted octanol–water partition coefficient (Wildman–Crippen LogP) is 1.36. The largest absolute Gasteiger partial charge is 0.507 e. The third-order valence-electron chi connectivity index (χ3n) is 2.25. The van der Waals surface area contributed by atoms with Gasteiger partial charge in [-0.1, -0.05) is 0 Å². The first-order valence-electron chi connectivity index (χ1n) is 4.34. The van der Waals surface area contributed by atoms with Crippen LogP contribution in [0.25, 0.3) is 5.76 Å². The molecule has 1 aromatic carbocycles. The number of hydrogen-bond acceptors (Lipinski definition) is 4. The van der Waals surface area contributed by atoms with E-state index in [1.807, 2.05) is 0 Å². The Morgan fingerprint density at radius 3 is 2.47 bits per heavy atom. The fourth-order valence-corrected chi connectivity index (χ4v) is 1.61. The number of aryl methyl sites for hydroxylation is 1. The molecule has 0 fully saturated rings. The minimum Gasteiger partial charge on any atom is -0.507 e. The molecule has 0 bridgehead atoms. The first-order chi connectivity index (χ1) is 7.00. The summed E-state index contributed by atoms with van der Waals surface area (Å²) in [6.45, 7) is 1.69. The Morgan fingerprint density at radius 2 is 1.80 bits per heavy atom. The molecule has 1 aliphatic carbocycles. The second kappa shape index (κ2) is 2.95. The fourth-order valence-electron chi connectivity index (χ4n) is 1.61. The minimum absolute atomic E-state index is 0.0326. The smallest absolute Gasteiger partial charge is 0.233 e. The van der Waals surface area contributed by atoms with Gasteiger partial charge in [0.25, 0.3) is 0 Å². The number of aliphatic hydroxyl groups excluding tert-OH is 1. The van der Waals surface area contributed by atoms with E-state index in [0.717, 1.165) is 6.08 Å². The Bertz CT molecular complexity index is 512. The number of fused-ring (bicyclic) bond motifs is 1. The molecule has 0 atom stereocenters. The summed E-state index contributed by atoms with van der Waals surface area (Å²) in [4.78, 5) is 22.6. The number of phenols is 1. The summed E-state index contributed by atoms with van der Waals surface area (Å²) < 4.78 is 0. The average molecular weight is 204 g/mol. The van der Waals surface area contributed by atoms with Gasteiger partial charge in [-0.2, -0.15) is 0 Å². The van der Waals surface area contributed by atoms with Crippen molar-refractivity contribution in [1.29, 1.82) is 0 Å². The zero-order valence-electron chi connectivity index (χ0n) is 7.94. The predicted molar refractivity (Wildman–Crippen MR) is 52.8 cm³/mol. The molecule has 1 aliphatic rings. The molecular weight excluding hydrogens is 196 g/mol. The molecule has 0 heterocycles. The van der Waals surface area contributed by atoms with E-state index in [-0.39, 0.29) is 22.6 Å². The third-order valence-corrected chi connectivity index (χ3v) is 2.25. The quantitative estimate of drug-likeness (QED) is 0.626. The molecule has 4 nitrogen and oxygen atoms in total. The number of Topliss-reactive ketones (excluding diaryl/α,β-unsaturated/α-hetero) is 1. The zero-order valence-corrected chi connectivity index (χ0v) is 7.94. The highest BCUT2D eigenvalue weighted by molar-refractivity contribution is 6.50. The van der Waals surface area contributed by atoms with Crippen molar-refractivity contribution in [1.82, 2.24) is 0 Å². The molecule has 0 amide bonds. The number of aliphatic hydroxyl groups is 1. The van der Waals surface area contributed by atoms with E-state index in [2.05, 4.69) is 0 Å². The molecule has 1 aromatic rings. The summed E-state index contributed by atoms with van der Waals surface area (Å²) in [6.07, 6.45) is 0.819. The van der Waals surface area contributed by atoms with Gasteiger partial charge in [0.15, 0.2) is 0 Å². The number of allylic oxidation sites excluding steroid dienone is 1. The van der Waals surface area contributed by atoms with Gasteiger partial charge in [0.05, 0.1) is 5.56 Å². The minimum atomic E-state index is -0.773. The molecule has 2 rings (SSSR count). The standard InChI is InChI=1S/C11H8O4/c1-5-2-6-10(7(12)3-5)8(13)4-9(14)11(6)15/h2-4,12-13H,1H3. The number of carbonyl (C=O) groups is 2. The van der Waals surface area contributed by atoms with Crippen LogP contribution in [0.15, 0.2) is 18.2 Å². The summed E-state index contributed by atoms with van der Waals surface area (Å²) >= 11 is 0. The highest BCUT2D eigenvalue weighted by Gasteiger charge is 2.28. The van der Waals surface area contributed by atoms with Crippen molar-refractivity contribution < 1.29 is 19.8 Å². The Hall–Kier alpha value is -2.10. The maximum atomic E-state index is 11.5. The number of carbonyl (C=O) groups excluding carboxylic acids is 2. The Balaban J connectivity index is 2.80. The van der Waals surface area contributed by atoms with E-state index in [0.29, 0.717) is 5.56 Å². The van der Waals surface area contributed by atoms with Gasteiger partial charge in [0.1, 0.15) is 11.5 Å². The van der Waals surface area contributed by atoms with Gasteiger partial charge in [-0.15, -0.1) is 0 Å². The lowest BCUT2D eigenvalue weighted by atomic mass is 9.91. The van der Waals surface area contributed by atoms with Gasteiger partial charge in [-0.3, -0.25) is 9.59 Å². The molecule has 0 aliphatic heterocycles. The maximum Gasteiger partial charge on any atom is 0.233 e. The van der Waals surface area contributed by atoms with Gasteiger partial charge < -0.3 is 10.2 Å². The van der Waals surface area contributed by atoms with Crippen molar-refractivity contribution in [3.05, 3.63) is 34.9 Å². The Labute approximate surface area is 85.5 Å².